The lowest BCUT2D eigenvalue weighted by molar-refractivity contribution is 0.413. The van der Waals surface area contributed by atoms with Crippen molar-refractivity contribution >= 4 is 0 Å². The average molecular weight is 270 g/mol. The van der Waals surface area contributed by atoms with Crippen LogP contribution in [0.3, 0.4) is 0 Å². The van der Waals surface area contributed by atoms with E-state index in [4.69, 9.17) is 10.5 Å². The van der Waals surface area contributed by atoms with Gasteiger partial charge in [0.15, 0.2) is 0 Å². The summed E-state index contributed by atoms with van der Waals surface area (Å²) >= 11 is 0. The van der Waals surface area contributed by atoms with Crippen LogP contribution in [0.2, 0.25) is 0 Å². The van der Waals surface area contributed by atoms with Crippen molar-refractivity contribution in [2.24, 2.45) is 5.73 Å². The van der Waals surface area contributed by atoms with Gasteiger partial charge in [0.05, 0.1) is 19.3 Å². The van der Waals surface area contributed by atoms with Gasteiger partial charge in [-0.05, 0) is 29.3 Å². The highest BCUT2D eigenvalue weighted by Gasteiger charge is 2.35. The normalized spacial score (nSPS) is 25.6. The maximum Gasteiger partial charge on any atom is 0.119 e. The molecule has 104 valence electrons. The highest BCUT2D eigenvalue weighted by atomic mass is 16.5. The van der Waals surface area contributed by atoms with E-state index in [1.165, 1.54) is 0 Å². The Morgan fingerprint density at radius 3 is 2.75 bits per heavy atom. The van der Waals surface area contributed by atoms with E-state index < -0.39 is 0 Å². The van der Waals surface area contributed by atoms with E-state index in [0.29, 0.717) is 0 Å². The van der Waals surface area contributed by atoms with Crippen LogP contribution in [0.5, 0.6) is 5.75 Å². The second-order valence-electron chi connectivity index (χ2n) is 4.88. The van der Waals surface area contributed by atoms with Gasteiger partial charge in [0.25, 0.3) is 0 Å². The number of aromatic nitrogens is 1. The Hall–Kier alpha value is -1.95. The Bertz CT molecular complexity index is 575. The van der Waals surface area contributed by atoms with Crippen molar-refractivity contribution in [1.29, 1.82) is 0 Å². The molecule has 2 heterocycles. The lowest BCUT2D eigenvalue weighted by Gasteiger charge is -2.21. The molecule has 5 heteroatoms. The minimum absolute atomic E-state index is 0.0887. The Morgan fingerprint density at radius 2 is 2.00 bits per heavy atom. The number of hydrogen-bond acceptors (Lipinski definition) is 5. The van der Waals surface area contributed by atoms with Crippen LogP contribution >= 0.6 is 0 Å². The van der Waals surface area contributed by atoms with Gasteiger partial charge < -0.3 is 10.5 Å². The second kappa shape index (κ2) is 5.58. The van der Waals surface area contributed by atoms with Crippen molar-refractivity contribution in [3.63, 3.8) is 0 Å². The van der Waals surface area contributed by atoms with Gasteiger partial charge >= 0.3 is 0 Å². The first-order chi connectivity index (χ1) is 9.79. The summed E-state index contributed by atoms with van der Waals surface area (Å²) in [4.78, 5) is 4.18. The Morgan fingerprint density at radius 1 is 1.15 bits per heavy atom. The monoisotopic (exact) mass is 270 g/mol. The lowest BCUT2D eigenvalue weighted by Crippen LogP contribution is -2.38. The van der Waals surface area contributed by atoms with Gasteiger partial charge in [-0.2, -0.15) is 0 Å². The van der Waals surface area contributed by atoms with Crippen LogP contribution in [0.4, 0.5) is 0 Å². The number of nitrogens with zero attached hydrogens (tertiary/aromatic N) is 1. The molecule has 1 aliphatic rings. The lowest BCUT2D eigenvalue weighted by atomic mass is 9.87. The fraction of sp³-hybridized carbons (Fsp3) is 0.267. The van der Waals surface area contributed by atoms with Crippen LogP contribution in [0.1, 0.15) is 23.1 Å². The summed E-state index contributed by atoms with van der Waals surface area (Å²) in [5.74, 6) is 0.959. The fourth-order valence-electron chi connectivity index (χ4n) is 2.67. The maximum absolute atomic E-state index is 6.20. The van der Waals surface area contributed by atoms with Gasteiger partial charge in [-0.3, -0.25) is 4.98 Å². The van der Waals surface area contributed by atoms with Gasteiger partial charge in [0.2, 0.25) is 0 Å². The van der Waals surface area contributed by atoms with Crippen molar-refractivity contribution in [2.45, 2.75) is 18.1 Å². The van der Waals surface area contributed by atoms with E-state index >= 15 is 0 Å². The van der Waals surface area contributed by atoms with Gasteiger partial charge in [-0.1, -0.05) is 18.2 Å². The van der Waals surface area contributed by atoms with Crippen molar-refractivity contribution in [2.75, 3.05) is 7.11 Å². The van der Waals surface area contributed by atoms with Crippen LogP contribution in [0.15, 0.2) is 48.8 Å². The van der Waals surface area contributed by atoms with E-state index in [-0.39, 0.29) is 18.1 Å². The van der Waals surface area contributed by atoms with Crippen molar-refractivity contribution in [1.82, 2.24) is 15.8 Å². The van der Waals surface area contributed by atoms with Crippen LogP contribution < -0.4 is 21.3 Å². The zero-order chi connectivity index (χ0) is 13.9. The van der Waals surface area contributed by atoms with E-state index in [9.17, 15) is 0 Å². The number of rotatable bonds is 3. The number of benzene rings is 1. The summed E-state index contributed by atoms with van der Waals surface area (Å²) in [6.45, 7) is 0. The van der Waals surface area contributed by atoms with E-state index in [0.717, 1.165) is 16.9 Å². The molecule has 0 amide bonds. The molecule has 20 heavy (non-hydrogen) atoms. The number of methoxy groups -OCH3 is 1. The zero-order valence-corrected chi connectivity index (χ0v) is 11.3. The number of pyridine rings is 1. The SMILES string of the molecule is COc1cccc(C2C(N)NNC2c2cccnc2)c1. The molecule has 0 radical (unpaired) electrons. The Kier molecular flexibility index (Phi) is 3.64. The van der Waals surface area contributed by atoms with Crippen molar-refractivity contribution < 1.29 is 4.74 Å². The van der Waals surface area contributed by atoms with E-state index in [1.807, 2.05) is 30.5 Å². The van der Waals surface area contributed by atoms with Crippen LogP contribution in [-0.4, -0.2) is 18.3 Å². The predicted octanol–water partition coefficient (Wildman–Crippen LogP) is 1.31. The topological polar surface area (TPSA) is 72.2 Å². The molecule has 4 N–H and O–H groups in total. The number of ether oxygens (including phenoxy) is 1. The summed E-state index contributed by atoms with van der Waals surface area (Å²) in [6.07, 6.45) is 3.48. The van der Waals surface area contributed by atoms with E-state index in [2.05, 4.69) is 28.0 Å². The number of nitrogens with one attached hydrogen (secondary N) is 2. The van der Waals surface area contributed by atoms with Gasteiger partial charge in [0, 0.05) is 18.3 Å². The van der Waals surface area contributed by atoms with Crippen molar-refractivity contribution in [3.8, 4) is 5.75 Å². The van der Waals surface area contributed by atoms with E-state index in [1.54, 1.807) is 13.3 Å². The number of hydrogen-bond donors (Lipinski definition) is 3. The molecular weight excluding hydrogens is 252 g/mol. The molecule has 0 spiro atoms. The minimum Gasteiger partial charge on any atom is -0.497 e. The number of hydrazine groups is 1. The summed E-state index contributed by atoms with van der Waals surface area (Å²) in [5, 5.41) is 0. The van der Waals surface area contributed by atoms with Crippen molar-refractivity contribution in [3.05, 3.63) is 59.9 Å². The summed E-state index contributed by atoms with van der Waals surface area (Å²) in [6, 6.07) is 12.1. The minimum atomic E-state index is -0.160. The quantitative estimate of drug-likeness (QED) is 0.784. The standard InChI is InChI=1S/C15H18N4O/c1-20-12-6-2-4-10(8-12)13-14(18-19-15(13)16)11-5-3-7-17-9-11/h2-9,13-15,18-19H,16H2,1H3. The maximum atomic E-state index is 6.20. The molecule has 0 saturated carbocycles. The molecule has 3 unspecified atom stereocenters. The first-order valence-electron chi connectivity index (χ1n) is 6.60. The van der Waals surface area contributed by atoms with Crippen LogP contribution in [-0.2, 0) is 0 Å². The average Bonchev–Trinajstić information content (AvgIpc) is 2.90. The van der Waals surface area contributed by atoms with Gasteiger partial charge in [-0.25, -0.2) is 10.9 Å². The first-order valence-corrected chi connectivity index (χ1v) is 6.60. The largest absolute Gasteiger partial charge is 0.497 e. The summed E-state index contributed by atoms with van der Waals surface area (Å²) < 4.78 is 5.30. The summed E-state index contributed by atoms with van der Waals surface area (Å²) in [7, 11) is 1.67. The Labute approximate surface area is 118 Å². The molecule has 1 aromatic carbocycles. The molecule has 0 aliphatic carbocycles. The van der Waals surface area contributed by atoms with Gasteiger partial charge in [0.1, 0.15) is 5.75 Å². The number of nitrogens with two attached hydrogens (primary N) is 1. The molecule has 3 atom stereocenters. The molecule has 3 rings (SSSR count). The molecule has 1 aromatic heterocycles. The zero-order valence-electron chi connectivity index (χ0n) is 11.3. The predicted molar refractivity (Wildman–Crippen MR) is 77.0 cm³/mol. The molecule has 1 fully saturated rings. The summed E-state index contributed by atoms with van der Waals surface area (Å²) in [5.41, 5.74) is 14.8. The van der Waals surface area contributed by atoms with Crippen LogP contribution in [0, 0.1) is 0 Å². The Balaban J connectivity index is 1.96. The highest BCUT2D eigenvalue weighted by molar-refractivity contribution is 5.35. The molecule has 1 aliphatic heterocycles. The fourth-order valence-corrected chi connectivity index (χ4v) is 2.67. The smallest absolute Gasteiger partial charge is 0.119 e. The molecule has 2 aromatic rings. The first kappa shape index (κ1) is 13.1. The van der Waals surface area contributed by atoms with Gasteiger partial charge in [-0.15, -0.1) is 0 Å². The third-order valence-electron chi connectivity index (χ3n) is 3.67. The third-order valence-corrected chi connectivity index (χ3v) is 3.67. The highest BCUT2D eigenvalue weighted by Crippen LogP contribution is 2.36. The molecule has 5 nitrogen and oxygen atoms in total. The third kappa shape index (κ3) is 2.38. The molecule has 0 bridgehead atoms. The molecular formula is C15H18N4O. The van der Waals surface area contributed by atoms with Crippen LogP contribution in [0.25, 0.3) is 0 Å². The molecule has 1 saturated heterocycles. The second-order valence-corrected chi connectivity index (χ2v) is 4.88.